The number of nitrogens with zero attached hydrogens (tertiary/aromatic N) is 1. The molecule has 13 nitrogen and oxygen atoms in total. The van der Waals surface area contributed by atoms with Gasteiger partial charge in [0.05, 0.1) is 48.8 Å². The van der Waals surface area contributed by atoms with E-state index in [0.29, 0.717) is 12.1 Å². The Kier molecular flexibility index (Phi) is 15.1. The molecular weight excluding hydrogens is 626 g/mol. The minimum Gasteiger partial charge on any atom is -0.450 e. The summed E-state index contributed by atoms with van der Waals surface area (Å²) in [6.07, 6.45) is 5.43. The van der Waals surface area contributed by atoms with Crippen molar-refractivity contribution in [1.82, 2.24) is 25.9 Å². The largest absolute Gasteiger partial charge is 0.450 e. The summed E-state index contributed by atoms with van der Waals surface area (Å²) < 4.78 is 36.4. The molecule has 0 aliphatic heterocycles. The number of aliphatic hydroxyl groups excluding tert-OH is 1. The van der Waals surface area contributed by atoms with Crippen LogP contribution in [0, 0.1) is 5.92 Å². The molecular formula is C33H51N5O8S. The lowest BCUT2D eigenvalue weighted by Crippen LogP contribution is -2.59. The summed E-state index contributed by atoms with van der Waals surface area (Å²) in [5.41, 5.74) is 1.42. The number of rotatable bonds is 18. The molecule has 3 amide bonds. The lowest BCUT2D eigenvalue weighted by Gasteiger charge is -2.32. The molecule has 0 radical (unpaired) electrons. The van der Waals surface area contributed by atoms with Crippen LogP contribution >= 0.6 is 0 Å². The molecule has 0 bridgehead atoms. The third kappa shape index (κ3) is 12.6. The van der Waals surface area contributed by atoms with Crippen LogP contribution < -0.4 is 16.0 Å². The third-order valence-electron chi connectivity index (χ3n) is 8.49. The number of benzene rings is 1. The number of alkyl carbamates (subject to hydrolysis) is 1. The highest BCUT2D eigenvalue weighted by Crippen LogP contribution is 2.28. The summed E-state index contributed by atoms with van der Waals surface area (Å²) in [7, 11) is -3.61. The fourth-order valence-corrected chi connectivity index (χ4v) is 6.70. The minimum atomic E-state index is -3.61. The van der Waals surface area contributed by atoms with E-state index < -0.39 is 69.1 Å². The summed E-state index contributed by atoms with van der Waals surface area (Å²) in [5, 5.41) is 18.7. The van der Waals surface area contributed by atoms with Crippen LogP contribution in [-0.2, 0) is 41.9 Å². The first kappa shape index (κ1) is 38.0. The number of carbonyl (C=O) groups excluding carboxylic acids is 3. The van der Waals surface area contributed by atoms with Gasteiger partial charge in [0.25, 0.3) is 0 Å². The normalized spacial score (nSPS) is 17.2. The van der Waals surface area contributed by atoms with Gasteiger partial charge in [0, 0.05) is 18.3 Å². The maximum absolute atomic E-state index is 13.9. The second-order valence-electron chi connectivity index (χ2n) is 12.5. The third-order valence-corrected chi connectivity index (χ3v) is 10.7. The summed E-state index contributed by atoms with van der Waals surface area (Å²) in [6, 6.07) is 6.08. The number of imidazole rings is 1. The molecule has 5 atom stereocenters. The number of carbonyl (C=O) groups is 3. The molecule has 1 aliphatic carbocycles. The fourth-order valence-electron chi connectivity index (χ4n) is 5.61. The van der Waals surface area contributed by atoms with E-state index in [4.69, 9.17) is 9.47 Å². The molecule has 2 aromatic rings. The van der Waals surface area contributed by atoms with Crippen molar-refractivity contribution in [3.05, 3.63) is 54.1 Å². The number of amides is 3. The highest BCUT2D eigenvalue weighted by molar-refractivity contribution is 7.92. The first-order valence-electron chi connectivity index (χ1n) is 16.5. The zero-order chi connectivity index (χ0) is 34.4. The van der Waals surface area contributed by atoms with E-state index in [2.05, 4.69) is 25.9 Å². The van der Waals surface area contributed by atoms with E-state index in [-0.39, 0.29) is 25.6 Å². The lowest BCUT2D eigenvalue weighted by atomic mass is 9.83. The molecule has 1 aliphatic rings. The Balaban J connectivity index is 1.83. The number of hydrogen-bond donors (Lipinski definition) is 5. The molecule has 14 heteroatoms. The zero-order valence-electron chi connectivity index (χ0n) is 27.8. The van der Waals surface area contributed by atoms with Crippen molar-refractivity contribution in [3.63, 3.8) is 0 Å². The Labute approximate surface area is 277 Å². The van der Waals surface area contributed by atoms with Gasteiger partial charge in [-0.1, -0.05) is 62.4 Å². The number of aromatic amines is 1. The fraction of sp³-hybridized carbons (Fsp3) is 0.636. The summed E-state index contributed by atoms with van der Waals surface area (Å²) in [5.74, 6) is -1.58. The molecule has 1 heterocycles. The van der Waals surface area contributed by atoms with Crippen LogP contribution in [0.15, 0.2) is 42.9 Å². The highest BCUT2D eigenvalue weighted by atomic mass is 32.2. The van der Waals surface area contributed by atoms with E-state index in [1.807, 2.05) is 30.3 Å². The first-order chi connectivity index (χ1) is 22.4. The molecule has 1 fully saturated rings. The number of nitrogens with one attached hydrogen (secondary N) is 4. The van der Waals surface area contributed by atoms with Crippen LogP contribution in [-0.4, -0.2) is 89.3 Å². The van der Waals surface area contributed by atoms with Gasteiger partial charge >= 0.3 is 6.09 Å². The predicted octanol–water partition coefficient (Wildman–Crippen LogP) is 2.80. The average molecular weight is 678 g/mol. The maximum atomic E-state index is 13.9. The van der Waals surface area contributed by atoms with Crippen LogP contribution in [0.2, 0.25) is 0 Å². The Hall–Kier alpha value is -3.49. The van der Waals surface area contributed by atoms with Crippen molar-refractivity contribution >= 4 is 27.7 Å². The van der Waals surface area contributed by atoms with Gasteiger partial charge in [0.1, 0.15) is 12.1 Å². The second-order valence-corrected chi connectivity index (χ2v) is 15.1. The van der Waals surface area contributed by atoms with Crippen LogP contribution in [0.25, 0.3) is 0 Å². The van der Waals surface area contributed by atoms with Crippen LogP contribution in [0.5, 0.6) is 0 Å². The zero-order valence-corrected chi connectivity index (χ0v) is 28.6. The van der Waals surface area contributed by atoms with Crippen molar-refractivity contribution in [3.8, 4) is 0 Å². The minimum absolute atomic E-state index is 0.0134. The molecule has 5 N–H and O–H groups in total. The molecule has 1 aromatic heterocycles. The number of sulfone groups is 1. The van der Waals surface area contributed by atoms with Gasteiger partial charge in [-0.2, -0.15) is 0 Å². The van der Waals surface area contributed by atoms with E-state index >= 15 is 0 Å². The molecule has 1 aromatic carbocycles. The average Bonchev–Trinajstić information content (AvgIpc) is 3.56. The van der Waals surface area contributed by atoms with E-state index in [9.17, 15) is 27.9 Å². The van der Waals surface area contributed by atoms with Gasteiger partial charge in [-0.25, -0.2) is 18.2 Å². The van der Waals surface area contributed by atoms with Gasteiger partial charge in [0.2, 0.25) is 11.8 Å². The van der Waals surface area contributed by atoms with Gasteiger partial charge in [-0.3, -0.25) is 9.59 Å². The van der Waals surface area contributed by atoms with Crippen molar-refractivity contribution in [2.45, 2.75) is 115 Å². The van der Waals surface area contributed by atoms with Gasteiger partial charge in [-0.15, -0.1) is 0 Å². The Morgan fingerprint density at radius 3 is 2.34 bits per heavy atom. The Bertz CT molecular complexity index is 1350. The maximum Gasteiger partial charge on any atom is 0.407 e. The molecule has 47 heavy (non-hydrogen) atoms. The summed E-state index contributed by atoms with van der Waals surface area (Å²) >= 11 is 0. The summed E-state index contributed by atoms with van der Waals surface area (Å²) in [4.78, 5) is 47.1. The number of aliphatic hydroxyl groups is 1. The van der Waals surface area contributed by atoms with Crippen molar-refractivity contribution in [2.24, 2.45) is 5.92 Å². The molecule has 3 rings (SSSR count). The van der Waals surface area contributed by atoms with E-state index in [1.165, 1.54) is 12.5 Å². The predicted molar refractivity (Wildman–Crippen MR) is 177 cm³/mol. The first-order valence-corrected chi connectivity index (χ1v) is 18.2. The van der Waals surface area contributed by atoms with Crippen molar-refractivity contribution in [1.29, 1.82) is 0 Å². The quantitative estimate of drug-likeness (QED) is 0.158. The standard InChI is InChI=1S/C33H51N5O8S/c1-5-45-33(42)38-30(23(4)46-19-25-14-10-7-11-15-25)32(41)37-28(17-26-18-34-21-35-26)31(40)36-27(16-24-12-8-6-9-13-24)29(39)20-47(43,44)22(2)3/h7,10-11,14-15,18,21-24,27-30,39H,5-6,8-9,12-13,16-17,19-20H2,1-4H3,(H,34,35)(H,36,40)(H,37,41)(H,38,42)/t23-,27+,28+,29+,30+/m1/s1. The van der Waals surface area contributed by atoms with E-state index in [1.54, 1.807) is 27.7 Å². The number of ether oxygens (including phenoxy) is 2. The summed E-state index contributed by atoms with van der Waals surface area (Å²) in [6.45, 7) is 6.64. The monoisotopic (exact) mass is 677 g/mol. The van der Waals surface area contributed by atoms with Crippen molar-refractivity contribution < 1.29 is 37.4 Å². The molecule has 0 saturated heterocycles. The number of hydrogen-bond acceptors (Lipinski definition) is 9. The van der Waals surface area contributed by atoms with Crippen LogP contribution in [0.4, 0.5) is 4.79 Å². The molecule has 0 unspecified atom stereocenters. The van der Waals surface area contributed by atoms with Crippen LogP contribution in [0.3, 0.4) is 0 Å². The Morgan fingerprint density at radius 1 is 1.02 bits per heavy atom. The Morgan fingerprint density at radius 2 is 1.72 bits per heavy atom. The van der Waals surface area contributed by atoms with Gasteiger partial charge < -0.3 is 35.5 Å². The lowest BCUT2D eigenvalue weighted by molar-refractivity contribution is -0.133. The second kappa shape index (κ2) is 18.7. The number of H-pyrrole nitrogens is 1. The topological polar surface area (TPSA) is 189 Å². The highest BCUT2D eigenvalue weighted by Gasteiger charge is 2.35. The smallest absolute Gasteiger partial charge is 0.407 e. The number of aromatic nitrogens is 2. The van der Waals surface area contributed by atoms with Gasteiger partial charge in [0.15, 0.2) is 9.84 Å². The van der Waals surface area contributed by atoms with E-state index in [0.717, 1.165) is 37.7 Å². The molecule has 1 saturated carbocycles. The SMILES string of the molecule is CCOC(=O)N[C@H](C(=O)N[C@@H](Cc1cnc[nH]1)C(=O)N[C@@H](CC1CCCCC1)[C@@H](O)CS(=O)(=O)C(C)C)[C@@H](C)OCc1ccccc1. The van der Waals surface area contributed by atoms with Crippen molar-refractivity contribution in [2.75, 3.05) is 12.4 Å². The molecule has 0 spiro atoms. The van der Waals surface area contributed by atoms with Crippen LogP contribution in [0.1, 0.15) is 77.5 Å². The molecule has 262 valence electrons. The van der Waals surface area contributed by atoms with Gasteiger partial charge in [-0.05, 0) is 45.6 Å².